The largest absolute Gasteiger partial charge is 0.466 e. The first kappa shape index (κ1) is 16.8. The molecule has 3 heterocycles. The minimum Gasteiger partial charge on any atom is -0.466 e. The highest BCUT2D eigenvalue weighted by atomic mass is 16.6. The van der Waals surface area contributed by atoms with Crippen LogP contribution in [-0.2, 0) is 9.53 Å². The van der Waals surface area contributed by atoms with E-state index in [1.807, 2.05) is 4.90 Å². The van der Waals surface area contributed by atoms with Gasteiger partial charge in [0.05, 0.1) is 17.4 Å². The summed E-state index contributed by atoms with van der Waals surface area (Å²) in [6.07, 6.45) is 7.00. The molecule has 1 aliphatic rings. The number of esters is 1. The molecule has 10 heteroatoms. The van der Waals surface area contributed by atoms with E-state index in [0.717, 1.165) is 0 Å². The smallest absolute Gasteiger partial charge is 0.354 e. The van der Waals surface area contributed by atoms with Gasteiger partial charge in [-0.05, 0) is 19.8 Å². The van der Waals surface area contributed by atoms with E-state index >= 15 is 0 Å². The maximum Gasteiger partial charge on any atom is 0.354 e. The van der Waals surface area contributed by atoms with Crippen molar-refractivity contribution in [3.05, 3.63) is 35.2 Å². The number of ether oxygens (including phenoxy) is 1. The van der Waals surface area contributed by atoms with E-state index < -0.39 is 4.92 Å². The fourth-order valence-electron chi connectivity index (χ4n) is 2.92. The molecular formula is C15H18N6O4. The van der Waals surface area contributed by atoms with E-state index in [0.29, 0.717) is 32.5 Å². The highest BCUT2D eigenvalue weighted by molar-refractivity contribution is 5.73. The topological polar surface area (TPSA) is 116 Å². The number of aromatic nitrogens is 4. The van der Waals surface area contributed by atoms with Gasteiger partial charge in [0, 0.05) is 25.5 Å². The minimum absolute atomic E-state index is 0.167. The van der Waals surface area contributed by atoms with Crippen molar-refractivity contribution >= 4 is 17.5 Å². The van der Waals surface area contributed by atoms with Gasteiger partial charge in [-0.15, -0.1) is 0 Å². The number of anilines is 1. The van der Waals surface area contributed by atoms with Gasteiger partial charge >= 0.3 is 11.7 Å². The van der Waals surface area contributed by atoms with Crippen LogP contribution in [0.2, 0.25) is 0 Å². The third kappa shape index (κ3) is 3.42. The zero-order valence-electron chi connectivity index (χ0n) is 13.7. The van der Waals surface area contributed by atoms with Gasteiger partial charge in [-0.1, -0.05) is 0 Å². The molecule has 0 saturated carbocycles. The van der Waals surface area contributed by atoms with Crippen LogP contribution in [0, 0.1) is 16.0 Å². The van der Waals surface area contributed by atoms with Gasteiger partial charge in [0.1, 0.15) is 12.7 Å². The van der Waals surface area contributed by atoms with Crippen LogP contribution >= 0.6 is 0 Å². The first-order chi connectivity index (χ1) is 12.1. The molecule has 1 fully saturated rings. The predicted octanol–water partition coefficient (Wildman–Crippen LogP) is 1.35. The SMILES string of the molecule is CCOC(=O)C1CCN(c2ncnc(-n3ccnc3)c2[N+](=O)[O-])CC1. The lowest BCUT2D eigenvalue weighted by Gasteiger charge is -2.31. The third-order valence-corrected chi connectivity index (χ3v) is 4.13. The summed E-state index contributed by atoms with van der Waals surface area (Å²) < 4.78 is 6.53. The Kier molecular flexibility index (Phi) is 4.87. The lowest BCUT2D eigenvalue weighted by atomic mass is 9.97. The summed E-state index contributed by atoms with van der Waals surface area (Å²) in [7, 11) is 0. The maximum absolute atomic E-state index is 11.8. The number of piperidine rings is 1. The van der Waals surface area contributed by atoms with Crippen molar-refractivity contribution < 1.29 is 14.5 Å². The van der Waals surface area contributed by atoms with Crippen molar-refractivity contribution in [2.24, 2.45) is 5.92 Å². The number of nitrogens with zero attached hydrogens (tertiary/aromatic N) is 6. The Balaban J connectivity index is 1.85. The summed E-state index contributed by atoms with van der Waals surface area (Å²) in [5, 5.41) is 11.6. The molecule has 0 N–H and O–H groups in total. The summed E-state index contributed by atoms with van der Waals surface area (Å²) in [6.45, 7) is 3.11. The molecule has 25 heavy (non-hydrogen) atoms. The molecule has 0 aliphatic carbocycles. The maximum atomic E-state index is 11.8. The van der Waals surface area contributed by atoms with E-state index in [4.69, 9.17) is 4.74 Å². The second-order valence-electron chi connectivity index (χ2n) is 5.61. The van der Waals surface area contributed by atoms with Crippen LogP contribution < -0.4 is 4.90 Å². The molecule has 0 bridgehead atoms. The van der Waals surface area contributed by atoms with Crippen molar-refractivity contribution in [2.75, 3.05) is 24.6 Å². The second-order valence-corrected chi connectivity index (χ2v) is 5.61. The van der Waals surface area contributed by atoms with Crippen LogP contribution in [0.5, 0.6) is 0 Å². The van der Waals surface area contributed by atoms with Crippen LogP contribution in [0.1, 0.15) is 19.8 Å². The Labute approximate surface area is 143 Å². The van der Waals surface area contributed by atoms with Gasteiger partial charge < -0.3 is 9.64 Å². The summed E-state index contributed by atoms with van der Waals surface area (Å²) in [5.41, 5.74) is -0.171. The number of rotatable bonds is 5. The number of nitro groups is 1. The van der Waals surface area contributed by atoms with Crippen LogP contribution in [0.25, 0.3) is 5.82 Å². The van der Waals surface area contributed by atoms with Crippen molar-refractivity contribution in [3.8, 4) is 5.82 Å². The van der Waals surface area contributed by atoms with Gasteiger partial charge in [0.25, 0.3) is 0 Å². The van der Waals surface area contributed by atoms with E-state index in [9.17, 15) is 14.9 Å². The molecule has 0 spiro atoms. The quantitative estimate of drug-likeness (QED) is 0.452. The predicted molar refractivity (Wildman–Crippen MR) is 87.4 cm³/mol. The van der Waals surface area contributed by atoms with Gasteiger partial charge in [-0.25, -0.2) is 15.0 Å². The fourth-order valence-corrected chi connectivity index (χ4v) is 2.92. The lowest BCUT2D eigenvalue weighted by Crippen LogP contribution is -2.38. The van der Waals surface area contributed by atoms with E-state index in [-0.39, 0.29) is 29.2 Å². The van der Waals surface area contributed by atoms with Crippen molar-refractivity contribution in [1.82, 2.24) is 19.5 Å². The lowest BCUT2D eigenvalue weighted by molar-refractivity contribution is -0.384. The molecule has 0 amide bonds. The summed E-state index contributed by atoms with van der Waals surface area (Å²) in [5.74, 6) is 0.0367. The summed E-state index contributed by atoms with van der Waals surface area (Å²) in [6, 6.07) is 0. The molecule has 0 radical (unpaired) electrons. The number of imidazole rings is 1. The molecule has 0 unspecified atom stereocenters. The Morgan fingerprint density at radius 3 is 2.68 bits per heavy atom. The Morgan fingerprint density at radius 2 is 2.08 bits per heavy atom. The molecular weight excluding hydrogens is 328 g/mol. The fraction of sp³-hybridized carbons (Fsp3) is 0.467. The third-order valence-electron chi connectivity index (χ3n) is 4.13. The molecule has 3 rings (SSSR count). The summed E-state index contributed by atoms with van der Waals surface area (Å²) in [4.78, 5) is 36.9. The first-order valence-corrected chi connectivity index (χ1v) is 8.01. The molecule has 2 aromatic rings. The van der Waals surface area contributed by atoms with E-state index in [2.05, 4.69) is 15.0 Å². The zero-order chi connectivity index (χ0) is 17.8. The first-order valence-electron chi connectivity index (χ1n) is 8.01. The van der Waals surface area contributed by atoms with Crippen LogP contribution in [0.4, 0.5) is 11.5 Å². The van der Waals surface area contributed by atoms with Gasteiger partial charge in [0.15, 0.2) is 0 Å². The molecule has 1 aliphatic heterocycles. The molecule has 132 valence electrons. The molecule has 10 nitrogen and oxygen atoms in total. The average molecular weight is 346 g/mol. The standard InChI is InChI=1S/C15H18N6O4/c1-2-25-15(22)11-3-6-19(7-4-11)13-12(21(23)24)14(18-9-17-13)20-8-5-16-10-20/h5,8-11H,2-4,6-7H2,1H3. The van der Waals surface area contributed by atoms with Gasteiger partial charge in [-0.3, -0.25) is 19.5 Å². The molecule has 2 aromatic heterocycles. The van der Waals surface area contributed by atoms with Crippen molar-refractivity contribution in [2.45, 2.75) is 19.8 Å². The van der Waals surface area contributed by atoms with Gasteiger partial charge in [-0.2, -0.15) is 0 Å². The number of hydrogen-bond acceptors (Lipinski definition) is 8. The Bertz CT molecular complexity index is 755. The molecule has 1 saturated heterocycles. The monoisotopic (exact) mass is 346 g/mol. The van der Waals surface area contributed by atoms with E-state index in [1.54, 1.807) is 13.1 Å². The Hall–Kier alpha value is -3.04. The van der Waals surface area contributed by atoms with Gasteiger partial charge in [0.2, 0.25) is 11.6 Å². The highest BCUT2D eigenvalue weighted by Crippen LogP contribution is 2.33. The minimum atomic E-state index is -0.484. The molecule has 0 aromatic carbocycles. The van der Waals surface area contributed by atoms with E-state index in [1.165, 1.54) is 23.4 Å². The van der Waals surface area contributed by atoms with Crippen molar-refractivity contribution in [3.63, 3.8) is 0 Å². The molecule has 0 atom stereocenters. The number of hydrogen-bond donors (Lipinski definition) is 0. The second kappa shape index (κ2) is 7.24. The number of carbonyl (C=O) groups is 1. The Morgan fingerprint density at radius 1 is 1.36 bits per heavy atom. The zero-order valence-corrected chi connectivity index (χ0v) is 13.7. The van der Waals surface area contributed by atoms with Crippen LogP contribution in [0.3, 0.4) is 0 Å². The van der Waals surface area contributed by atoms with Crippen LogP contribution in [0.15, 0.2) is 25.0 Å². The highest BCUT2D eigenvalue weighted by Gasteiger charge is 2.32. The number of carbonyl (C=O) groups excluding carboxylic acids is 1. The van der Waals surface area contributed by atoms with Crippen molar-refractivity contribution in [1.29, 1.82) is 0 Å². The average Bonchev–Trinajstić information content (AvgIpc) is 3.16. The summed E-state index contributed by atoms with van der Waals surface area (Å²) >= 11 is 0. The normalized spacial score (nSPS) is 15.2. The van der Waals surface area contributed by atoms with Crippen LogP contribution in [-0.4, -0.2) is 50.1 Å².